The highest BCUT2D eigenvalue weighted by Gasteiger charge is 2.17. The first-order valence-corrected chi connectivity index (χ1v) is 7.18. The van der Waals surface area contributed by atoms with E-state index in [4.69, 9.17) is 4.74 Å². The molecule has 1 aromatic carbocycles. The van der Waals surface area contributed by atoms with Gasteiger partial charge in [0.25, 0.3) is 0 Å². The van der Waals surface area contributed by atoms with Crippen molar-refractivity contribution in [2.24, 2.45) is 0 Å². The highest BCUT2D eigenvalue weighted by molar-refractivity contribution is 8.00. The Labute approximate surface area is 114 Å². The summed E-state index contributed by atoms with van der Waals surface area (Å²) in [5, 5.41) is 0. The first kappa shape index (κ1) is 15.3. The quantitative estimate of drug-likeness (QED) is 0.701. The van der Waals surface area contributed by atoms with E-state index in [0.29, 0.717) is 12.2 Å². The summed E-state index contributed by atoms with van der Waals surface area (Å²) in [6.07, 6.45) is 1.36. The Morgan fingerprint density at radius 3 is 2.61 bits per heavy atom. The maximum absolute atomic E-state index is 11.8. The second-order valence-electron chi connectivity index (χ2n) is 5.06. The summed E-state index contributed by atoms with van der Waals surface area (Å²) in [6.45, 7) is 6.09. The number of hydrogen-bond acceptors (Lipinski definition) is 3. The lowest BCUT2D eigenvalue weighted by Gasteiger charge is -2.22. The molecule has 0 spiro atoms. The third-order valence-electron chi connectivity index (χ3n) is 3.04. The van der Waals surface area contributed by atoms with Crippen LogP contribution in [0.5, 0.6) is 0 Å². The normalized spacial score (nSPS) is 11.6. The molecule has 0 atom stereocenters. The Balaban J connectivity index is 2.36. The van der Waals surface area contributed by atoms with Crippen LogP contribution in [0.15, 0.2) is 29.2 Å². The molecule has 0 aliphatic rings. The molecule has 1 rings (SSSR count). The second kappa shape index (κ2) is 6.95. The van der Waals surface area contributed by atoms with Crippen molar-refractivity contribution in [2.75, 3.05) is 12.9 Å². The van der Waals surface area contributed by atoms with Crippen LogP contribution in [-0.4, -0.2) is 24.2 Å². The van der Waals surface area contributed by atoms with Gasteiger partial charge in [0.2, 0.25) is 0 Å². The first-order chi connectivity index (χ1) is 8.44. The summed E-state index contributed by atoms with van der Waals surface area (Å²) < 4.78 is 5.31. The second-order valence-corrected chi connectivity index (χ2v) is 6.07. The third-order valence-corrected chi connectivity index (χ3v) is 4.28. The molecule has 0 saturated carbocycles. The molecule has 0 saturated heterocycles. The van der Waals surface area contributed by atoms with Crippen LogP contribution >= 0.6 is 11.8 Å². The van der Waals surface area contributed by atoms with E-state index in [9.17, 15) is 4.79 Å². The molecular formula is C15H22O2S. The van der Waals surface area contributed by atoms with Crippen LogP contribution in [0.25, 0.3) is 0 Å². The van der Waals surface area contributed by atoms with Crippen LogP contribution in [-0.2, 0) is 9.53 Å². The maximum Gasteiger partial charge on any atom is 0.143 e. The Morgan fingerprint density at radius 1 is 1.33 bits per heavy atom. The van der Waals surface area contributed by atoms with Crippen molar-refractivity contribution in [3.8, 4) is 0 Å². The van der Waals surface area contributed by atoms with Gasteiger partial charge in [-0.15, -0.1) is 11.8 Å². The lowest BCUT2D eigenvalue weighted by atomic mass is 10.0. The van der Waals surface area contributed by atoms with E-state index in [0.717, 1.165) is 6.42 Å². The van der Waals surface area contributed by atoms with E-state index < -0.39 is 0 Å². The summed E-state index contributed by atoms with van der Waals surface area (Å²) >= 11 is 1.62. The molecule has 18 heavy (non-hydrogen) atoms. The van der Waals surface area contributed by atoms with Gasteiger partial charge in [-0.3, -0.25) is 4.79 Å². The van der Waals surface area contributed by atoms with E-state index in [-0.39, 0.29) is 11.4 Å². The molecule has 2 nitrogen and oxygen atoms in total. The number of ketones is 1. The maximum atomic E-state index is 11.8. The molecule has 3 heteroatoms. The van der Waals surface area contributed by atoms with E-state index in [1.54, 1.807) is 18.9 Å². The lowest BCUT2D eigenvalue weighted by molar-refractivity contribution is -0.118. The molecule has 100 valence electrons. The van der Waals surface area contributed by atoms with Crippen LogP contribution in [0.3, 0.4) is 0 Å². The van der Waals surface area contributed by atoms with Gasteiger partial charge in [0.1, 0.15) is 5.78 Å². The zero-order valence-corrected chi connectivity index (χ0v) is 12.5. The largest absolute Gasteiger partial charge is 0.379 e. The van der Waals surface area contributed by atoms with Gasteiger partial charge in [0.15, 0.2) is 0 Å². The zero-order valence-electron chi connectivity index (χ0n) is 11.7. The number of carbonyl (C=O) groups excluding carboxylic acids is 1. The van der Waals surface area contributed by atoms with Gasteiger partial charge >= 0.3 is 0 Å². The van der Waals surface area contributed by atoms with Crippen LogP contribution in [0.1, 0.15) is 32.3 Å². The van der Waals surface area contributed by atoms with E-state index >= 15 is 0 Å². The van der Waals surface area contributed by atoms with Crippen molar-refractivity contribution in [3.63, 3.8) is 0 Å². The fraction of sp³-hybridized carbons (Fsp3) is 0.533. The van der Waals surface area contributed by atoms with Crippen molar-refractivity contribution in [3.05, 3.63) is 29.8 Å². The minimum absolute atomic E-state index is 0.205. The summed E-state index contributed by atoms with van der Waals surface area (Å²) in [5.41, 5.74) is 1.02. The summed E-state index contributed by atoms with van der Waals surface area (Å²) in [7, 11) is 1.69. The monoisotopic (exact) mass is 266 g/mol. The first-order valence-electron chi connectivity index (χ1n) is 6.20. The van der Waals surface area contributed by atoms with E-state index in [2.05, 4.69) is 19.1 Å². The number of ether oxygens (including phenoxy) is 1. The van der Waals surface area contributed by atoms with Crippen LogP contribution in [0, 0.1) is 6.92 Å². The molecular weight excluding hydrogens is 244 g/mol. The molecule has 0 aliphatic carbocycles. The summed E-state index contributed by atoms with van der Waals surface area (Å²) in [5.74, 6) is 0.832. The number of Topliss-reactive ketones (excluding diaryl/α,β-unsaturated/α-hetero) is 1. The molecule has 0 unspecified atom stereocenters. The zero-order chi connectivity index (χ0) is 13.6. The average Bonchev–Trinajstić information content (AvgIpc) is 2.35. The van der Waals surface area contributed by atoms with Gasteiger partial charge in [-0.1, -0.05) is 18.2 Å². The van der Waals surface area contributed by atoms with Gasteiger partial charge in [-0.25, -0.2) is 0 Å². The van der Waals surface area contributed by atoms with Crippen LogP contribution in [0.2, 0.25) is 0 Å². The highest BCUT2D eigenvalue weighted by atomic mass is 32.2. The molecule has 0 aliphatic heterocycles. The lowest BCUT2D eigenvalue weighted by Crippen LogP contribution is -2.23. The molecule has 0 aromatic heterocycles. The van der Waals surface area contributed by atoms with Crippen molar-refractivity contribution in [2.45, 2.75) is 44.1 Å². The number of carbonyl (C=O) groups is 1. The Kier molecular flexibility index (Phi) is 5.89. The number of aryl methyl sites for hydroxylation is 1. The average molecular weight is 266 g/mol. The number of thioether (sulfide) groups is 1. The predicted molar refractivity (Wildman–Crippen MR) is 77.2 cm³/mol. The molecule has 0 heterocycles. The van der Waals surface area contributed by atoms with Crippen molar-refractivity contribution < 1.29 is 9.53 Å². The van der Waals surface area contributed by atoms with E-state index in [1.165, 1.54) is 10.5 Å². The SMILES string of the molecule is COC(C)(C)CCC(=O)CSc1ccccc1C. The van der Waals surface area contributed by atoms with Crippen LogP contribution < -0.4 is 0 Å². The van der Waals surface area contributed by atoms with Crippen molar-refractivity contribution >= 4 is 17.5 Å². The molecule has 0 fully saturated rings. The molecule has 0 bridgehead atoms. The number of benzene rings is 1. The standard InChI is InChI=1S/C15H22O2S/c1-12-7-5-6-8-14(12)18-11-13(16)9-10-15(2,3)17-4/h5-8H,9-11H2,1-4H3. The number of methoxy groups -OCH3 is 1. The predicted octanol–water partition coefficient (Wildman–Crippen LogP) is 3.86. The Hall–Kier alpha value is -0.800. The minimum atomic E-state index is -0.205. The topological polar surface area (TPSA) is 26.3 Å². The van der Waals surface area contributed by atoms with Crippen molar-refractivity contribution in [1.29, 1.82) is 0 Å². The highest BCUT2D eigenvalue weighted by Crippen LogP contribution is 2.23. The molecule has 0 radical (unpaired) electrons. The van der Waals surface area contributed by atoms with Gasteiger partial charge in [-0.2, -0.15) is 0 Å². The summed E-state index contributed by atoms with van der Waals surface area (Å²) in [6, 6.07) is 8.16. The Bertz CT molecular complexity index is 399. The van der Waals surface area contributed by atoms with Crippen molar-refractivity contribution in [1.82, 2.24) is 0 Å². The molecule has 1 aromatic rings. The third kappa shape index (κ3) is 5.23. The minimum Gasteiger partial charge on any atom is -0.379 e. The smallest absolute Gasteiger partial charge is 0.143 e. The fourth-order valence-corrected chi connectivity index (χ4v) is 2.42. The van der Waals surface area contributed by atoms with Gasteiger partial charge < -0.3 is 4.74 Å². The van der Waals surface area contributed by atoms with E-state index in [1.807, 2.05) is 26.0 Å². The van der Waals surface area contributed by atoms with Gasteiger partial charge in [0, 0.05) is 18.4 Å². The Morgan fingerprint density at radius 2 is 2.00 bits per heavy atom. The fourth-order valence-electron chi connectivity index (χ4n) is 1.49. The molecule has 0 N–H and O–H groups in total. The molecule has 0 amide bonds. The van der Waals surface area contributed by atoms with Gasteiger partial charge in [-0.05, 0) is 38.8 Å². The number of hydrogen-bond donors (Lipinski definition) is 0. The number of rotatable bonds is 7. The summed E-state index contributed by atoms with van der Waals surface area (Å²) in [4.78, 5) is 13.0. The van der Waals surface area contributed by atoms with Crippen LogP contribution in [0.4, 0.5) is 0 Å². The van der Waals surface area contributed by atoms with Gasteiger partial charge in [0.05, 0.1) is 11.4 Å².